The van der Waals surface area contributed by atoms with Crippen molar-refractivity contribution < 1.29 is 22.7 Å². The predicted octanol–water partition coefficient (Wildman–Crippen LogP) is 5.24. The highest BCUT2D eigenvalue weighted by atomic mass is 32.2. The van der Waals surface area contributed by atoms with Gasteiger partial charge in [-0.2, -0.15) is 0 Å². The van der Waals surface area contributed by atoms with Gasteiger partial charge in [0.15, 0.2) is 5.16 Å². The number of aromatic nitrogens is 2. The molecule has 2 aromatic carbocycles. The minimum absolute atomic E-state index is 0.0421. The van der Waals surface area contributed by atoms with Crippen molar-refractivity contribution in [1.82, 2.24) is 19.6 Å². The molecule has 0 atom stereocenters. The Morgan fingerprint density at radius 3 is 2.49 bits per heavy atom. The van der Waals surface area contributed by atoms with Crippen molar-refractivity contribution in [2.45, 2.75) is 62.4 Å². The fourth-order valence-corrected chi connectivity index (χ4v) is 8.05. The van der Waals surface area contributed by atoms with E-state index < -0.39 is 16.1 Å². The highest BCUT2D eigenvalue weighted by molar-refractivity contribution is 7.99. The van der Waals surface area contributed by atoms with Gasteiger partial charge in [-0.25, -0.2) is 22.9 Å². The van der Waals surface area contributed by atoms with Gasteiger partial charge in [0.2, 0.25) is 5.91 Å². The van der Waals surface area contributed by atoms with E-state index in [0.29, 0.717) is 45.6 Å². The summed E-state index contributed by atoms with van der Waals surface area (Å²) in [5.74, 6) is 0.288. The second-order valence-corrected chi connectivity index (χ2v) is 14.1. The second kappa shape index (κ2) is 14.5. The first-order valence-corrected chi connectivity index (χ1v) is 18.1. The molecule has 11 nitrogen and oxygen atoms in total. The molecule has 0 fully saturated rings. The minimum Gasteiger partial charge on any atom is -0.494 e. The van der Waals surface area contributed by atoms with Gasteiger partial charge in [0.25, 0.3) is 15.6 Å². The first-order chi connectivity index (χ1) is 21.7. The summed E-state index contributed by atoms with van der Waals surface area (Å²) in [6.07, 6.45) is 5.52. The number of hydrogen-bond acceptors (Lipinski definition) is 9. The van der Waals surface area contributed by atoms with Crippen molar-refractivity contribution in [2.75, 3.05) is 24.2 Å². The zero-order valence-corrected chi connectivity index (χ0v) is 27.5. The van der Waals surface area contributed by atoms with Gasteiger partial charge in [0, 0.05) is 17.1 Å². The largest absolute Gasteiger partial charge is 0.494 e. The minimum atomic E-state index is -4.08. The highest BCUT2D eigenvalue weighted by Gasteiger charge is 2.24. The third kappa shape index (κ3) is 7.68. The predicted molar refractivity (Wildman–Crippen MR) is 177 cm³/mol. The number of fused-ring (bicyclic) bond motifs is 3. The fraction of sp³-hybridized carbons (Fsp3) is 0.355. The van der Waals surface area contributed by atoms with Crippen LogP contribution in [-0.2, 0) is 27.7 Å². The second-order valence-electron chi connectivity index (χ2n) is 10.4. The van der Waals surface area contributed by atoms with Crippen molar-refractivity contribution in [3.63, 3.8) is 0 Å². The van der Waals surface area contributed by atoms with Crippen molar-refractivity contribution in [3.05, 3.63) is 69.3 Å². The molecule has 2 heterocycles. The van der Waals surface area contributed by atoms with Crippen LogP contribution < -0.4 is 25.7 Å². The van der Waals surface area contributed by atoms with E-state index in [1.54, 1.807) is 28.0 Å². The average molecular weight is 670 g/mol. The van der Waals surface area contributed by atoms with E-state index in [9.17, 15) is 22.8 Å². The van der Waals surface area contributed by atoms with Crippen LogP contribution in [0.4, 0.5) is 10.5 Å². The maximum atomic E-state index is 14.0. The lowest BCUT2D eigenvalue weighted by Crippen LogP contribution is -2.39. The molecule has 2 aromatic heterocycles. The van der Waals surface area contributed by atoms with E-state index >= 15 is 0 Å². The number of sulfonamides is 1. The number of carbonyl (C=O) groups is 2. The number of aryl methyl sites for hydroxylation is 2. The summed E-state index contributed by atoms with van der Waals surface area (Å²) in [5, 5.41) is 6.31. The topological polar surface area (TPSA) is 148 Å². The maximum absolute atomic E-state index is 14.0. The number of urea groups is 1. The standard InChI is InChI=1S/C31H35N5O6S3/c1-3-5-18-32-30(39)35-45(40,41)23-16-10-20(11-17-23)33-26(37)19-43-31-34-28-27(24-8-6-7-9-25(24)44-28)29(38)36(31)21-12-14-22(15-13-21)42-4-2/h10-17H,3-9,18-19H2,1-2H3,(H,33,37)(H2,32,35,39). The first-order valence-electron chi connectivity index (χ1n) is 14.8. The van der Waals surface area contributed by atoms with Crippen LogP contribution in [0.15, 0.2) is 63.4 Å². The van der Waals surface area contributed by atoms with Crippen LogP contribution in [0.1, 0.15) is 50.0 Å². The summed E-state index contributed by atoms with van der Waals surface area (Å²) in [6.45, 7) is 4.76. The van der Waals surface area contributed by atoms with E-state index in [1.807, 2.05) is 30.7 Å². The molecule has 14 heteroatoms. The Bertz CT molecular complexity index is 1850. The van der Waals surface area contributed by atoms with Crippen LogP contribution in [0.3, 0.4) is 0 Å². The average Bonchev–Trinajstić information content (AvgIpc) is 3.40. The fourth-order valence-electron chi connectivity index (χ4n) is 5.01. The maximum Gasteiger partial charge on any atom is 0.328 e. The number of anilines is 1. The normalized spacial score (nSPS) is 12.8. The van der Waals surface area contributed by atoms with E-state index in [0.717, 1.165) is 55.9 Å². The molecule has 1 aliphatic rings. The monoisotopic (exact) mass is 669 g/mol. The molecule has 5 rings (SSSR count). The van der Waals surface area contributed by atoms with Gasteiger partial charge in [-0.15, -0.1) is 11.3 Å². The summed E-state index contributed by atoms with van der Waals surface area (Å²) >= 11 is 2.70. The molecule has 0 spiro atoms. The molecule has 0 radical (unpaired) electrons. The Balaban J connectivity index is 1.32. The Morgan fingerprint density at radius 1 is 1.04 bits per heavy atom. The number of unbranched alkanes of at least 4 members (excludes halogenated alkanes) is 1. The van der Waals surface area contributed by atoms with Crippen LogP contribution in [0.5, 0.6) is 5.75 Å². The molecule has 4 aromatic rings. The molecule has 0 aliphatic heterocycles. The van der Waals surface area contributed by atoms with Gasteiger partial charge >= 0.3 is 6.03 Å². The SMILES string of the molecule is CCCCNC(=O)NS(=O)(=O)c1ccc(NC(=O)CSc2nc3sc4c(c3c(=O)n2-c2ccc(OCC)cc2)CCCC4)cc1. The molecule has 0 bridgehead atoms. The third-order valence-corrected chi connectivity index (χ3v) is 10.7. The molecular formula is C31H35N5O6S3. The van der Waals surface area contributed by atoms with Gasteiger partial charge < -0.3 is 15.4 Å². The number of nitrogens with one attached hydrogen (secondary N) is 3. The molecular weight excluding hydrogens is 635 g/mol. The number of thioether (sulfide) groups is 1. The van der Waals surface area contributed by atoms with Gasteiger partial charge in [0.1, 0.15) is 10.6 Å². The summed E-state index contributed by atoms with van der Waals surface area (Å²) in [4.78, 5) is 45.5. The number of nitrogens with zero attached hydrogens (tertiary/aromatic N) is 2. The lowest BCUT2D eigenvalue weighted by atomic mass is 9.97. The quantitative estimate of drug-likeness (QED) is 0.105. The first kappa shape index (κ1) is 32.5. The van der Waals surface area contributed by atoms with Crippen molar-refractivity contribution >= 4 is 61.0 Å². The lowest BCUT2D eigenvalue weighted by Gasteiger charge is -2.14. The van der Waals surface area contributed by atoms with E-state index in [1.165, 1.54) is 29.1 Å². The molecule has 0 unspecified atom stereocenters. The molecule has 1 aliphatic carbocycles. The van der Waals surface area contributed by atoms with Crippen LogP contribution in [-0.4, -0.2) is 48.8 Å². The Labute approximate surface area is 269 Å². The van der Waals surface area contributed by atoms with Gasteiger partial charge in [-0.05, 0) is 93.1 Å². The van der Waals surface area contributed by atoms with Crippen molar-refractivity contribution in [1.29, 1.82) is 0 Å². The molecule has 3 amide bonds. The number of hydrogen-bond donors (Lipinski definition) is 3. The Kier molecular flexibility index (Phi) is 10.5. The zero-order chi connectivity index (χ0) is 32.0. The highest BCUT2D eigenvalue weighted by Crippen LogP contribution is 2.35. The summed E-state index contributed by atoms with van der Waals surface area (Å²) in [7, 11) is -4.08. The summed E-state index contributed by atoms with van der Waals surface area (Å²) in [5.41, 5.74) is 1.94. The van der Waals surface area contributed by atoms with Crippen molar-refractivity contribution in [3.8, 4) is 11.4 Å². The summed E-state index contributed by atoms with van der Waals surface area (Å²) in [6, 6.07) is 11.9. The Morgan fingerprint density at radius 2 is 1.78 bits per heavy atom. The van der Waals surface area contributed by atoms with Gasteiger partial charge in [0.05, 0.1) is 28.3 Å². The molecule has 45 heavy (non-hydrogen) atoms. The summed E-state index contributed by atoms with van der Waals surface area (Å²) < 4.78 is 34.2. The number of amides is 3. The zero-order valence-electron chi connectivity index (χ0n) is 25.1. The van der Waals surface area contributed by atoms with Crippen LogP contribution >= 0.6 is 23.1 Å². The number of rotatable bonds is 12. The Hall–Kier alpha value is -3.88. The van der Waals surface area contributed by atoms with Crippen molar-refractivity contribution in [2.24, 2.45) is 0 Å². The third-order valence-electron chi connectivity index (χ3n) is 7.19. The number of carbonyl (C=O) groups excluding carboxylic acids is 2. The van der Waals surface area contributed by atoms with Gasteiger partial charge in [-0.1, -0.05) is 25.1 Å². The lowest BCUT2D eigenvalue weighted by molar-refractivity contribution is -0.113. The van der Waals surface area contributed by atoms with E-state index in [-0.39, 0.29) is 22.1 Å². The van der Waals surface area contributed by atoms with Crippen LogP contribution in [0.2, 0.25) is 0 Å². The molecule has 0 saturated carbocycles. The molecule has 3 N–H and O–H groups in total. The van der Waals surface area contributed by atoms with Crippen LogP contribution in [0, 0.1) is 0 Å². The number of ether oxygens (including phenoxy) is 1. The number of benzene rings is 2. The van der Waals surface area contributed by atoms with E-state index in [2.05, 4.69) is 10.6 Å². The number of thiophene rings is 1. The molecule has 238 valence electrons. The van der Waals surface area contributed by atoms with E-state index in [4.69, 9.17) is 9.72 Å². The smallest absolute Gasteiger partial charge is 0.328 e. The van der Waals surface area contributed by atoms with Gasteiger partial charge in [-0.3, -0.25) is 14.2 Å². The van der Waals surface area contributed by atoms with Crippen LogP contribution in [0.25, 0.3) is 15.9 Å². The molecule has 0 saturated heterocycles.